The van der Waals surface area contributed by atoms with Crippen LogP contribution in [0.2, 0.25) is 0 Å². The van der Waals surface area contributed by atoms with Crippen LogP contribution in [0.1, 0.15) is 33.6 Å². The van der Waals surface area contributed by atoms with Gasteiger partial charge in [0.05, 0.1) is 11.8 Å². The highest BCUT2D eigenvalue weighted by molar-refractivity contribution is 6.05. The second-order valence-corrected chi connectivity index (χ2v) is 6.55. The van der Waals surface area contributed by atoms with Gasteiger partial charge in [-0.25, -0.2) is 0 Å². The van der Waals surface area contributed by atoms with Crippen LogP contribution in [0.5, 0.6) is 0 Å². The monoisotopic (exact) mass is 249 g/mol. The van der Waals surface area contributed by atoms with E-state index in [1.54, 1.807) is 0 Å². The molecule has 18 heavy (non-hydrogen) atoms. The number of carbonyl (C=O) groups excluding carboxylic acids is 2. The average molecular weight is 249 g/mol. The highest BCUT2D eigenvalue weighted by atomic mass is 16.5. The van der Waals surface area contributed by atoms with E-state index >= 15 is 0 Å². The van der Waals surface area contributed by atoms with Gasteiger partial charge in [0.2, 0.25) is 0 Å². The van der Waals surface area contributed by atoms with Gasteiger partial charge in [0.15, 0.2) is 0 Å². The SMILES string of the molecule is CC(C)[C@@]12C=C[C@](C)(CC1)[C@H]1C(=O)N(O)C(=O)[C@@H]12. The Labute approximate surface area is 107 Å². The van der Waals surface area contributed by atoms with Crippen molar-refractivity contribution in [3.63, 3.8) is 0 Å². The van der Waals surface area contributed by atoms with Gasteiger partial charge in [-0.1, -0.05) is 32.9 Å². The highest BCUT2D eigenvalue weighted by Gasteiger charge is 2.67. The van der Waals surface area contributed by atoms with Gasteiger partial charge in [0.1, 0.15) is 0 Å². The number of hydroxylamine groups is 2. The van der Waals surface area contributed by atoms with Gasteiger partial charge < -0.3 is 0 Å². The third-order valence-electron chi connectivity index (χ3n) is 5.52. The molecule has 1 saturated heterocycles. The van der Waals surface area contributed by atoms with Gasteiger partial charge in [-0.05, 0) is 24.2 Å². The van der Waals surface area contributed by atoms with Crippen molar-refractivity contribution in [2.45, 2.75) is 33.6 Å². The number of amides is 2. The van der Waals surface area contributed by atoms with E-state index in [9.17, 15) is 14.8 Å². The molecule has 1 saturated carbocycles. The fourth-order valence-electron chi connectivity index (χ4n) is 4.22. The van der Waals surface area contributed by atoms with Crippen LogP contribution in [-0.2, 0) is 9.59 Å². The predicted molar refractivity (Wildman–Crippen MR) is 64.4 cm³/mol. The molecule has 0 aromatic carbocycles. The molecule has 2 bridgehead atoms. The maximum Gasteiger partial charge on any atom is 0.258 e. The lowest BCUT2D eigenvalue weighted by Crippen LogP contribution is -2.53. The van der Waals surface area contributed by atoms with E-state index in [0.717, 1.165) is 12.8 Å². The van der Waals surface area contributed by atoms with E-state index < -0.39 is 11.8 Å². The van der Waals surface area contributed by atoms with Crippen LogP contribution < -0.4 is 0 Å². The van der Waals surface area contributed by atoms with Gasteiger partial charge in [-0.3, -0.25) is 14.8 Å². The molecule has 4 heteroatoms. The number of hydrogen-bond acceptors (Lipinski definition) is 3. The summed E-state index contributed by atoms with van der Waals surface area (Å²) in [5, 5.41) is 10.0. The molecule has 0 aromatic heterocycles. The first-order chi connectivity index (χ1) is 8.33. The molecular weight excluding hydrogens is 230 g/mol. The molecule has 4 rings (SSSR count). The molecule has 0 unspecified atom stereocenters. The Morgan fingerprint density at radius 1 is 1.22 bits per heavy atom. The Hall–Kier alpha value is -1.16. The first-order valence-corrected chi connectivity index (χ1v) is 6.60. The summed E-state index contributed by atoms with van der Waals surface area (Å²) < 4.78 is 0. The van der Waals surface area contributed by atoms with Gasteiger partial charge in [-0.15, -0.1) is 0 Å². The summed E-state index contributed by atoms with van der Waals surface area (Å²) in [6.45, 7) is 6.20. The van der Waals surface area contributed by atoms with Crippen molar-refractivity contribution in [1.29, 1.82) is 0 Å². The Bertz CT molecular complexity index is 470. The van der Waals surface area contributed by atoms with Crippen molar-refractivity contribution in [3.8, 4) is 0 Å². The summed E-state index contributed by atoms with van der Waals surface area (Å²) in [6, 6.07) is 0. The van der Waals surface area contributed by atoms with Crippen molar-refractivity contribution in [2.75, 3.05) is 0 Å². The molecule has 1 aliphatic heterocycles. The number of carbonyl (C=O) groups is 2. The molecule has 1 N–H and O–H groups in total. The molecule has 0 spiro atoms. The summed E-state index contributed by atoms with van der Waals surface area (Å²) in [5.74, 6) is -1.29. The van der Waals surface area contributed by atoms with E-state index in [4.69, 9.17) is 0 Å². The zero-order valence-electron chi connectivity index (χ0n) is 11.0. The lowest BCUT2D eigenvalue weighted by molar-refractivity contribution is -0.173. The molecule has 0 aromatic rings. The third kappa shape index (κ3) is 1.10. The zero-order chi connectivity index (χ0) is 13.3. The van der Waals surface area contributed by atoms with Crippen molar-refractivity contribution in [2.24, 2.45) is 28.6 Å². The van der Waals surface area contributed by atoms with E-state index in [2.05, 4.69) is 26.0 Å². The van der Waals surface area contributed by atoms with Gasteiger partial charge in [-0.2, -0.15) is 5.06 Å². The van der Waals surface area contributed by atoms with Crippen molar-refractivity contribution in [1.82, 2.24) is 5.06 Å². The lowest BCUT2D eigenvalue weighted by atomic mass is 9.46. The Kier molecular flexibility index (Phi) is 2.14. The Morgan fingerprint density at radius 3 is 2.33 bits per heavy atom. The topological polar surface area (TPSA) is 57.6 Å². The number of fused-ring (bicyclic) bond motifs is 1. The molecule has 3 aliphatic carbocycles. The molecule has 4 aliphatic rings. The maximum atomic E-state index is 12.2. The molecule has 4 atom stereocenters. The average Bonchev–Trinajstić information content (AvgIpc) is 2.57. The fourth-order valence-corrected chi connectivity index (χ4v) is 4.22. The normalized spacial score (nSPS) is 46.2. The molecule has 4 nitrogen and oxygen atoms in total. The van der Waals surface area contributed by atoms with Crippen LogP contribution in [0.15, 0.2) is 12.2 Å². The number of hydrogen-bond donors (Lipinski definition) is 1. The number of rotatable bonds is 1. The summed E-state index contributed by atoms with van der Waals surface area (Å²) in [4.78, 5) is 24.3. The molecule has 2 amide bonds. The molecule has 1 heterocycles. The minimum Gasteiger partial charge on any atom is -0.278 e. The van der Waals surface area contributed by atoms with Crippen molar-refractivity contribution in [3.05, 3.63) is 12.2 Å². The zero-order valence-corrected chi connectivity index (χ0v) is 11.0. The van der Waals surface area contributed by atoms with Crippen LogP contribution in [0.25, 0.3) is 0 Å². The van der Waals surface area contributed by atoms with Crippen molar-refractivity contribution < 1.29 is 14.8 Å². The van der Waals surface area contributed by atoms with Crippen LogP contribution >= 0.6 is 0 Å². The first kappa shape index (κ1) is 11.9. The van der Waals surface area contributed by atoms with Crippen LogP contribution in [-0.4, -0.2) is 22.1 Å². The van der Waals surface area contributed by atoms with E-state index in [0.29, 0.717) is 5.06 Å². The van der Waals surface area contributed by atoms with Gasteiger partial charge in [0, 0.05) is 5.41 Å². The highest BCUT2D eigenvalue weighted by Crippen LogP contribution is 2.63. The standard InChI is InChI=1S/C14H19NO3/c1-8(2)14-6-4-13(3,5-7-14)9-10(14)12(17)15(18)11(9)16/h4,6,8-10,18H,5,7H2,1-3H3/t9-,10-,13-,14-/m1/s1. The Balaban J connectivity index is 2.19. The molecule has 98 valence electrons. The van der Waals surface area contributed by atoms with Crippen LogP contribution in [0.3, 0.4) is 0 Å². The predicted octanol–water partition coefficient (Wildman–Crippen LogP) is 1.99. The first-order valence-electron chi connectivity index (χ1n) is 6.60. The van der Waals surface area contributed by atoms with Crippen molar-refractivity contribution >= 4 is 11.8 Å². The van der Waals surface area contributed by atoms with Crippen LogP contribution in [0.4, 0.5) is 0 Å². The summed E-state index contributed by atoms with van der Waals surface area (Å²) in [6.07, 6.45) is 6.07. The Morgan fingerprint density at radius 2 is 1.83 bits per heavy atom. The third-order valence-corrected chi connectivity index (χ3v) is 5.52. The lowest BCUT2D eigenvalue weighted by Gasteiger charge is -2.55. The van der Waals surface area contributed by atoms with Gasteiger partial charge in [0.25, 0.3) is 11.8 Å². The second-order valence-electron chi connectivity index (χ2n) is 6.55. The number of imide groups is 1. The van der Waals surface area contributed by atoms with E-state index in [1.807, 2.05) is 6.92 Å². The molecular formula is C14H19NO3. The van der Waals surface area contributed by atoms with E-state index in [-0.39, 0.29) is 28.6 Å². The fraction of sp³-hybridized carbons (Fsp3) is 0.714. The second kappa shape index (κ2) is 3.23. The smallest absolute Gasteiger partial charge is 0.258 e. The largest absolute Gasteiger partial charge is 0.278 e. The minimum absolute atomic E-state index is 0.257. The summed E-state index contributed by atoms with van der Waals surface area (Å²) >= 11 is 0. The number of allylic oxidation sites excluding steroid dienone is 2. The van der Waals surface area contributed by atoms with E-state index in [1.165, 1.54) is 0 Å². The van der Waals surface area contributed by atoms with Gasteiger partial charge >= 0.3 is 0 Å². The molecule has 0 radical (unpaired) electrons. The minimum atomic E-state index is -0.415. The summed E-state index contributed by atoms with van der Waals surface area (Å²) in [5.41, 5.74) is -0.530. The summed E-state index contributed by atoms with van der Waals surface area (Å²) in [7, 11) is 0. The van der Waals surface area contributed by atoms with Crippen LogP contribution in [0, 0.1) is 28.6 Å². The maximum absolute atomic E-state index is 12.2. The quantitative estimate of drug-likeness (QED) is 0.439. The number of nitrogens with zero attached hydrogens (tertiary/aromatic N) is 1. The molecule has 2 fully saturated rings.